The van der Waals surface area contributed by atoms with Gasteiger partial charge in [-0.05, 0) is 54.8 Å². The van der Waals surface area contributed by atoms with Gasteiger partial charge in [0.05, 0.1) is 20.4 Å². The van der Waals surface area contributed by atoms with Gasteiger partial charge in [0.2, 0.25) is 5.91 Å². The molecule has 1 aliphatic heterocycles. The van der Waals surface area contributed by atoms with Crippen LogP contribution in [0.15, 0.2) is 47.6 Å². The third kappa shape index (κ3) is 5.08. The number of nitrogens with one attached hydrogen (secondary N) is 1. The molecule has 0 aromatic heterocycles. The van der Waals surface area contributed by atoms with Crippen LogP contribution < -0.4 is 14.9 Å². The van der Waals surface area contributed by atoms with Gasteiger partial charge in [-0.1, -0.05) is 6.07 Å². The first-order valence-electron chi connectivity index (χ1n) is 9.65. The van der Waals surface area contributed by atoms with Gasteiger partial charge in [-0.3, -0.25) is 9.59 Å². The van der Waals surface area contributed by atoms with E-state index >= 15 is 0 Å². The van der Waals surface area contributed by atoms with E-state index in [0.717, 1.165) is 0 Å². The van der Waals surface area contributed by atoms with Crippen molar-refractivity contribution >= 4 is 18.0 Å². The van der Waals surface area contributed by atoms with Gasteiger partial charge in [0.15, 0.2) is 11.5 Å². The van der Waals surface area contributed by atoms with Gasteiger partial charge < -0.3 is 19.5 Å². The predicted octanol–water partition coefficient (Wildman–Crippen LogP) is 2.41. The van der Waals surface area contributed by atoms with Crippen molar-refractivity contribution in [3.8, 4) is 17.2 Å². The molecule has 0 radical (unpaired) electrons. The Morgan fingerprint density at radius 2 is 1.90 bits per heavy atom. The highest BCUT2D eigenvalue weighted by molar-refractivity contribution is 5.94. The lowest BCUT2D eigenvalue weighted by atomic mass is 9.95. The Hall–Kier alpha value is -3.55. The summed E-state index contributed by atoms with van der Waals surface area (Å²) in [6.45, 7) is 1.01. The number of phenols is 1. The quantitative estimate of drug-likeness (QED) is 0.562. The number of likely N-dealkylation sites (tertiary alicyclic amines) is 1. The van der Waals surface area contributed by atoms with Crippen molar-refractivity contribution < 1.29 is 24.2 Å². The second-order valence-electron chi connectivity index (χ2n) is 6.96. The molecule has 1 fully saturated rings. The largest absolute Gasteiger partial charge is 0.504 e. The molecular formula is C22H25N3O5. The number of hydrazone groups is 1. The first-order chi connectivity index (χ1) is 14.5. The van der Waals surface area contributed by atoms with Crippen LogP contribution in [0.5, 0.6) is 17.2 Å². The third-order valence-corrected chi connectivity index (χ3v) is 5.06. The fraction of sp³-hybridized carbons (Fsp3) is 0.318. The van der Waals surface area contributed by atoms with Gasteiger partial charge in [-0.15, -0.1) is 0 Å². The van der Waals surface area contributed by atoms with Crippen LogP contribution in [-0.2, 0) is 4.79 Å². The first-order valence-corrected chi connectivity index (χ1v) is 9.65. The van der Waals surface area contributed by atoms with Gasteiger partial charge in [0, 0.05) is 24.6 Å². The zero-order valence-corrected chi connectivity index (χ0v) is 17.0. The fourth-order valence-corrected chi connectivity index (χ4v) is 3.32. The lowest BCUT2D eigenvalue weighted by Crippen LogP contribution is -2.42. The normalized spacial score (nSPS) is 14.5. The van der Waals surface area contributed by atoms with E-state index in [4.69, 9.17) is 9.47 Å². The molecule has 2 amide bonds. The number of piperidine rings is 1. The van der Waals surface area contributed by atoms with Crippen LogP contribution in [0.25, 0.3) is 0 Å². The van der Waals surface area contributed by atoms with Crippen molar-refractivity contribution in [2.45, 2.75) is 12.8 Å². The minimum Gasteiger partial charge on any atom is -0.504 e. The number of phenolic OH excluding ortho intramolecular Hbond substituents is 1. The maximum Gasteiger partial charge on any atom is 0.253 e. The smallest absolute Gasteiger partial charge is 0.253 e. The van der Waals surface area contributed by atoms with Crippen LogP contribution >= 0.6 is 0 Å². The molecule has 0 spiro atoms. The molecule has 0 saturated carbocycles. The van der Waals surface area contributed by atoms with Gasteiger partial charge in [0.25, 0.3) is 5.91 Å². The number of hydrogen-bond acceptors (Lipinski definition) is 6. The highest BCUT2D eigenvalue weighted by atomic mass is 16.5. The van der Waals surface area contributed by atoms with Crippen LogP contribution in [0.2, 0.25) is 0 Å². The average Bonchev–Trinajstić information content (AvgIpc) is 2.79. The molecule has 0 bridgehead atoms. The van der Waals surface area contributed by atoms with E-state index in [9.17, 15) is 14.7 Å². The summed E-state index contributed by atoms with van der Waals surface area (Å²) in [7, 11) is 3.03. The maximum atomic E-state index is 12.7. The number of amides is 2. The molecule has 0 unspecified atom stereocenters. The van der Waals surface area contributed by atoms with Gasteiger partial charge in [-0.25, -0.2) is 5.43 Å². The van der Waals surface area contributed by atoms with Gasteiger partial charge in [0.1, 0.15) is 5.75 Å². The number of aromatic hydroxyl groups is 1. The number of carbonyl (C=O) groups excluding carboxylic acids is 2. The van der Waals surface area contributed by atoms with Crippen LogP contribution in [0.1, 0.15) is 28.8 Å². The zero-order valence-electron chi connectivity index (χ0n) is 17.0. The Labute approximate surface area is 175 Å². The van der Waals surface area contributed by atoms with Gasteiger partial charge >= 0.3 is 0 Å². The van der Waals surface area contributed by atoms with Crippen molar-refractivity contribution in [1.82, 2.24) is 10.3 Å². The summed E-state index contributed by atoms with van der Waals surface area (Å²) >= 11 is 0. The Balaban J connectivity index is 1.51. The van der Waals surface area contributed by atoms with E-state index in [-0.39, 0.29) is 23.5 Å². The minimum atomic E-state index is -0.203. The van der Waals surface area contributed by atoms with Crippen molar-refractivity contribution in [2.75, 3.05) is 27.3 Å². The molecule has 1 saturated heterocycles. The van der Waals surface area contributed by atoms with Crippen LogP contribution in [0, 0.1) is 5.92 Å². The molecule has 8 heteroatoms. The number of nitrogens with zero attached hydrogens (tertiary/aromatic N) is 2. The number of methoxy groups -OCH3 is 2. The Kier molecular flexibility index (Phi) is 6.90. The molecule has 158 valence electrons. The van der Waals surface area contributed by atoms with E-state index in [1.165, 1.54) is 19.4 Å². The molecule has 2 aromatic carbocycles. The molecular weight excluding hydrogens is 386 g/mol. The number of benzene rings is 2. The molecule has 0 aliphatic carbocycles. The zero-order chi connectivity index (χ0) is 21.5. The molecule has 0 atom stereocenters. The minimum absolute atomic E-state index is 0.0361. The lowest BCUT2D eigenvalue weighted by Gasteiger charge is -2.31. The third-order valence-electron chi connectivity index (χ3n) is 5.06. The van der Waals surface area contributed by atoms with E-state index < -0.39 is 0 Å². The van der Waals surface area contributed by atoms with Crippen molar-refractivity contribution in [3.63, 3.8) is 0 Å². The van der Waals surface area contributed by atoms with E-state index in [1.807, 2.05) is 0 Å². The monoisotopic (exact) mass is 411 g/mol. The van der Waals surface area contributed by atoms with Crippen molar-refractivity contribution in [2.24, 2.45) is 11.0 Å². The highest BCUT2D eigenvalue weighted by Crippen LogP contribution is 2.25. The number of carbonyl (C=O) groups is 2. The lowest BCUT2D eigenvalue weighted by molar-refractivity contribution is -0.126. The Morgan fingerprint density at radius 3 is 2.60 bits per heavy atom. The summed E-state index contributed by atoms with van der Waals surface area (Å²) in [5.74, 6) is 0.565. The van der Waals surface area contributed by atoms with Crippen molar-refractivity contribution in [3.05, 3.63) is 53.6 Å². The maximum absolute atomic E-state index is 12.7. The number of ether oxygens (including phenoxy) is 2. The first kappa shape index (κ1) is 21.2. The second-order valence-corrected chi connectivity index (χ2v) is 6.96. The molecule has 8 nitrogen and oxygen atoms in total. The van der Waals surface area contributed by atoms with Crippen LogP contribution in [-0.4, -0.2) is 55.3 Å². The topological polar surface area (TPSA) is 100 Å². The summed E-state index contributed by atoms with van der Waals surface area (Å²) in [5.41, 5.74) is 3.81. The summed E-state index contributed by atoms with van der Waals surface area (Å²) in [4.78, 5) is 26.8. The van der Waals surface area contributed by atoms with Crippen molar-refractivity contribution in [1.29, 1.82) is 0 Å². The summed E-state index contributed by atoms with van der Waals surface area (Å²) in [6, 6.07) is 11.8. The predicted molar refractivity (Wildman–Crippen MR) is 112 cm³/mol. The van der Waals surface area contributed by atoms with E-state index in [2.05, 4.69) is 10.5 Å². The standard InChI is InChI=1S/C22H25N3O5/c1-29-18-5-3-4-17(13-18)22(28)25-10-8-16(9-11-25)21(27)24-23-14-15-6-7-19(26)20(12-15)30-2/h3-7,12-14,16,26H,8-11H2,1-2H3,(H,24,27)/b23-14+. The van der Waals surface area contributed by atoms with E-state index in [0.29, 0.717) is 48.6 Å². The second kappa shape index (κ2) is 9.78. The van der Waals surface area contributed by atoms with E-state index in [1.54, 1.807) is 48.4 Å². The Bertz CT molecular complexity index is 936. The molecule has 2 aromatic rings. The highest BCUT2D eigenvalue weighted by Gasteiger charge is 2.27. The molecule has 3 rings (SSSR count). The summed E-state index contributed by atoms with van der Waals surface area (Å²) < 4.78 is 10.2. The average molecular weight is 411 g/mol. The number of hydrogen-bond donors (Lipinski definition) is 2. The Morgan fingerprint density at radius 1 is 1.13 bits per heavy atom. The summed E-state index contributed by atoms with van der Waals surface area (Å²) in [5, 5.41) is 13.6. The molecule has 1 aliphatic rings. The molecule has 1 heterocycles. The van der Waals surface area contributed by atoms with Gasteiger partial charge in [-0.2, -0.15) is 5.10 Å². The van der Waals surface area contributed by atoms with Crippen LogP contribution in [0.3, 0.4) is 0 Å². The molecule has 2 N–H and O–H groups in total. The van der Waals surface area contributed by atoms with Crippen LogP contribution in [0.4, 0.5) is 0 Å². The number of rotatable bonds is 6. The fourth-order valence-electron chi connectivity index (χ4n) is 3.32. The summed E-state index contributed by atoms with van der Waals surface area (Å²) in [6.07, 6.45) is 2.63. The SMILES string of the molecule is COc1cccc(C(=O)N2CCC(C(=O)N/N=C/c3ccc(O)c(OC)c3)CC2)c1. The molecule has 30 heavy (non-hydrogen) atoms.